The van der Waals surface area contributed by atoms with Crippen LogP contribution in [-0.4, -0.2) is 36.3 Å². The van der Waals surface area contributed by atoms with Gasteiger partial charge in [0.05, 0.1) is 0 Å². The lowest BCUT2D eigenvalue weighted by atomic mass is 9.91. The third-order valence-electron chi connectivity index (χ3n) is 4.18. The summed E-state index contributed by atoms with van der Waals surface area (Å²) in [6.07, 6.45) is 2.35. The summed E-state index contributed by atoms with van der Waals surface area (Å²) < 4.78 is 0. The summed E-state index contributed by atoms with van der Waals surface area (Å²) in [5, 5.41) is 3.45. The molecule has 0 spiro atoms. The van der Waals surface area contributed by atoms with Crippen LogP contribution in [0.3, 0.4) is 0 Å². The van der Waals surface area contributed by atoms with Gasteiger partial charge in [0, 0.05) is 36.6 Å². The van der Waals surface area contributed by atoms with Crippen molar-refractivity contribution in [1.82, 2.24) is 10.2 Å². The topological polar surface area (TPSA) is 49.4 Å². The molecule has 1 N–H and O–H groups in total. The Morgan fingerprint density at radius 1 is 1.17 bits per heavy atom. The highest BCUT2D eigenvalue weighted by atomic mass is 35.5. The molecule has 1 fully saturated rings. The lowest BCUT2D eigenvalue weighted by Crippen LogP contribution is -2.42. The van der Waals surface area contributed by atoms with Crippen LogP contribution in [0.2, 0.25) is 5.02 Å². The van der Waals surface area contributed by atoms with Crippen LogP contribution in [0.25, 0.3) is 0 Å². The maximum absolute atomic E-state index is 12.2. The van der Waals surface area contributed by atoms with Crippen LogP contribution in [0.15, 0.2) is 24.3 Å². The number of benzene rings is 1. The molecular weight excluding hydrogens is 312 g/mol. The quantitative estimate of drug-likeness (QED) is 0.838. The summed E-state index contributed by atoms with van der Waals surface area (Å²) in [5.74, 6) is 1.22. The number of hydrogen-bond donors (Lipinski definition) is 1. The first-order chi connectivity index (χ1) is 11.0. The van der Waals surface area contributed by atoms with E-state index in [1.165, 1.54) is 6.42 Å². The van der Waals surface area contributed by atoms with Crippen molar-refractivity contribution in [2.24, 2.45) is 11.8 Å². The van der Waals surface area contributed by atoms with Crippen molar-refractivity contribution in [2.45, 2.75) is 33.1 Å². The normalized spacial score (nSPS) is 21.1. The number of nitrogens with one attached hydrogen (secondary N) is 1. The lowest BCUT2D eigenvalue weighted by Gasteiger charge is -2.35. The molecule has 0 aliphatic carbocycles. The zero-order valence-corrected chi connectivity index (χ0v) is 14.6. The van der Waals surface area contributed by atoms with E-state index in [0.29, 0.717) is 41.8 Å². The van der Waals surface area contributed by atoms with Gasteiger partial charge in [0.2, 0.25) is 5.91 Å². The van der Waals surface area contributed by atoms with Crippen molar-refractivity contribution in [3.63, 3.8) is 0 Å². The first-order valence-corrected chi connectivity index (χ1v) is 8.65. The highest BCUT2D eigenvalue weighted by Gasteiger charge is 2.24. The molecule has 0 bridgehead atoms. The van der Waals surface area contributed by atoms with E-state index in [2.05, 4.69) is 19.2 Å². The minimum absolute atomic E-state index is 0.130. The second kappa shape index (κ2) is 8.34. The summed E-state index contributed by atoms with van der Waals surface area (Å²) >= 11 is 5.80. The zero-order valence-electron chi connectivity index (χ0n) is 13.8. The Hall–Kier alpha value is -1.55. The van der Waals surface area contributed by atoms with Crippen molar-refractivity contribution < 1.29 is 9.59 Å². The number of hydrogen-bond acceptors (Lipinski definition) is 2. The molecule has 4 nitrogen and oxygen atoms in total. The standard InChI is InChI=1S/C18H25ClN2O2/c1-13-10-14(2)12-21(11-13)17(22)4-3-9-20-18(23)15-5-7-16(19)8-6-15/h5-8,13-14H,3-4,9-12H2,1-2H3,(H,20,23)/t13-,14-/m1/s1. The Balaban J connectivity index is 1.69. The van der Waals surface area contributed by atoms with Gasteiger partial charge in [-0.05, 0) is 48.9 Å². The molecule has 23 heavy (non-hydrogen) atoms. The van der Waals surface area contributed by atoms with E-state index < -0.39 is 0 Å². The van der Waals surface area contributed by atoms with Gasteiger partial charge in [-0.15, -0.1) is 0 Å². The fourth-order valence-electron chi connectivity index (χ4n) is 3.17. The molecule has 126 valence electrons. The molecular formula is C18H25ClN2O2. The van der Waals surface area contributed by atoms with Crippen LogP contribution < -0.4 is 5.32 Å². The average molecular weight is 337 g/mol. The SMILES string of the molecule is C[C@@H]1C[C@@H](C)CN(C(=O)CCCNC(=O)c2ccc(Cl)cc2)C1. The minimum atomic E-state index is -0.130. The van der Waals surface area contributed by atoms with Crippen LogP contribution in [0.4, 0.5) is 0 Å². The molecule has 5 heteroatoms. The first-order valence-electron chi connectivity index (χ1n) is 8.27. The summed E-state index contributed by atoms with van der Waals surface area (Å²) in [6.45, 7) is 6.62. The first kappa shape index (κ1) is 17.8. The number of nitrogens with zero attached hydrogens (tertiary/aromatic N) is 1. The van der Waals surface area contributed by atoms with Gasteiger partial charge in [-0.2, -0.15) is 0 Å². The van der Waals surface area contributed by atoms with Gasteiger partial charge in [-0.1, -0.05) is 25.4 Å². The van der Waals surface area contributed by atoms with Gasteiger partial charge in [-0.25, -0.2) is 0 Å². The summed E-state index contributed by atoms with van der Waals surface area (Å²) in [5.41, 5.74) is 0.583. The smallest absolute Gasteiger partial charge is 0.251 e. The largest absolute Gasteiger partial charge is 0.352 e. The van der Waals surface area contributed by atoms with Crippen LogP contribution in [0.5, 0.6) is 0 Å². The van der Waals surface area contributed by atoms with E-state index in [4.69, 9.17) is 11.6 Å². The van der Waals surface area contributed by atoms with E-state index in [9.17, 15) is 9.59 Å². The summed E-state index contributed by atoms with van der Waals surface area (Å²) in [4.78, 5) is 26.2. The third kappa shape index (κ3) is 5.54. The maximum atomic E-state index is 12.2. The number of carbonyl (C=O) groups excluding carboxylic acids is 2. The third-order valence-corrected chi connectivity index (χ3v) is 4.43. The van der Waals surface area contributed by atoms with Crippen molar-refractivity contribution in [1.29, 1.82) is 0 Å². The molecule has 0 unspecified atom stereocenters. The molecule has 1 saturated heterocycles. The predicted molar refractivity (Wildman–Crippen MR) is 92.5 cm³/mol. The van der Waals surface area contributed by atoms with Gasteiger partial charge in [-0.3, -0.25) is 9.59 Å². The molecule has 2 atom stereocenters. The molecule has 1 aliphatic rings. The number of amides is 2. The maximum Gasteiger partial charge on any atom is 0.251 e. The molecule has 1 heterocycles. The molecule has 1 aromatic carbocycles. The number of halogens is 1. The number of rotatable bonds is 5. The Labute approximate surface area is 143 Å². The summed E-state index contributed by atoms with van der Waals surface area (Å²) in [7, 11) is 0. The molecule has 2 amide bonds. The molecule has 0 radical (unpaired) electrons. The van der Waals surface area contributed by atoms with Crippen LogP contribution >= 0.6 is 11.6 Å². The Bertz CT molecular complexity index is 534. The number of carbonyl (C=O) groups is 2. The monoisotopic (exact) mass is 336 g/mol. The van der Waals surface area contributed by atoms with Crippen LogP contribution in [0.1, 0.15) is 43.5 Å². The highest BCUT2D eigenvalue weighted by molar-refractivity contribution is 6.30. The molecule has 2 rings (SSSR count). The van der Waals surface area contributed by atoms with E-state index in [1.807, 2.05) is 4.90 Å². The second-order valence-corrected chi connectivity index (χ2v) is 7.05. The average Bonchev–Trinajstić information content (AvgIpc) is 2.50. The molecule has 1 aromatic rings. The van der Waals surface area contributed by atoms with Crippen molar-refractivity contribution in [3.8, 4) is 0 Å². The number of piperidine rings is 1. The Morgan fingerprint density at radius 2 is 1.78 bits per heavy atom. The second-order valence-electron chi connectivity index (χ2n) is 6.61. The zero-order chi connectivity index (χ0) is 16.8. The van der Waals surface area contributed by atoms with Gasteiger partial charge in [0.1, 0.15) is 0 Å². The molecule has 1 aliphatic heterocycles. The predicted octanol–water partition coefficient (Wildman–Crippen LogP) is 3.35. The van der Waals surface area contributed by atoms with E-state index in [0.717, 1.165) is 13.1 Å². The fourth-order valence-corrected chi connectivity index (χ4v) is 3.30. The minimum Gasteiger partial charge on any atom is -0.352 e. The Kier molecular flexibility index (Phi) is 6.46. The van der Waals surface area contributed by atoms with Crippen molar-refractivity contribution in [2.75, 3.05) is 19.6 Å². The molecule has 0 aromatic heterocycles. The van der Waals surface area contributed by atoms with E-state index in [-0.39, 0.29) is 11.8 Å². The Morgan fingerprint density at radius 3 is 2.39 bits per heavy atom. The van der Waals surface area contributed by atoms with Crippen molar-refractivity contribution in [3.05, 3.63) is 34.9 Å². The lowest BCUT2D eigenvalue weighted by molar-refractivity contribution is -0.133. The molecule has 0 saturated carbocycles. The summed E-state index contributed by atoms with van der Waals surface area (Å²) in [6, 6.07) is 6.77. The van der Waals surface area contributed by atoms with E-state index in [1.54, 1.807) is 24.3 Å². The number of likely N-dealkylation sites (tertiary alicyclic amines) is 1. The van der Waals surface area contributed by atoms with Crippen LogP contribution in [-0.2, 0) is 4.79 Å². The van der Waals surface area contributed by atoms with Gasteiger partial charge in [0.15, 0.2) is 0 Å². The van der Waals surface area contributed by atoms with Gasteiger partial charge < -0.3 is 10.2 Å². The van der Waals surface area contributed by atoms with E-state index >= 15 is 0 Å². The van der Waals surface area contributed by atoms with Crippen molar-refractivity contribution >= 4 is 23.4 Å². The van der Waals surface area contributed by atoms with Gasteiger partial charge in [0.25, 0.3) is 5.91 Å². The highest BCUT2D eigenvalue weighted by Crippen LogP contribution is 2.21. The van der Waals surface area contributed by atoms with Gasteiger partial charge >= 0.3 is 0 Å². The fraction of sp³-hybridized carbons (Fsp3) is 0.556. The van der Waals surface area contributed by atoms with Crippen LogP contribution in [0, 0.1) is 11.8 Å².